The van der Waals surface area contributed by atoms with Gasteiger partial charge in [-0.2, -0.15) is 10.2 Å². The zero-order valence-electron chi connectivity index (χ0n) is 18.9. The minimum absolute atomic E-state index is 0.0330. The fraction of sp³-hybridized carbons (Fsp3) is 0.368. The topological polar surface area (TPSA) is 213 Å². The van der Waals surface area contributed by atoms with Gasteiger partial charge in [0.15, 0.2) is 11.5 Å². The Bertz CT molecular complexity index is 1170. The molecular formula is C19H22N8O9. The molecule has 192 valence electrons. The molecule has 0 aliphatic carbocycles. The van der Waals surface area contributed by atoms with Crippen LogP contribution in [-0.2, 0) is 0 Å². The SMILES string of the molecule is CC1CN(/N=C/c2ccc([N+](=O)[O-])o2)C(=O)N1.O=C1N(CCO)CCN1/N=C/c1ccc([N+](=O)[O-])o1. The van der Waals surface area contributed by atoms with Gasteiger partial charge in [-0.3, -0.25) is 20.2 Å². The first-order valence-electron chi connectivity index (χ1n) is 10.5. The molecule has 0 radical (unpaired) electrons. The predicted molar refractivity (Wildman–Crippen MR) is 121 cm³/mol. The number of carbonyl (C=O) groups is 2. The second kappa shape index (κ2) is 11.6. The highest BCUT2D eigenvalue weighted by Crippen LogP contribution is 2.16. The Morgan fingerprint density at radius 3 is 2.03 bits per heavy atom. The molecule has 2 fully saturated rings. The van der Waals surface area contributed by atoms with Crippen LogP contribution >= 0.6 is 0 Å². The van der Waals surface area contributed by atoms with Crippen molar-refractivity contribution < 1.29 is 33.4 Å². The molecule has 0 aromatic carbocycles. The average molecular weight is 506 g/mol. The molecule has 0 bridgehead atoms. The number of urea groups is 2. The van der Waals surface area contributed by atoms with Crippen LogP contribution in [-0.4, -0.2) is 93.2 Å². The summed E-state index contributed by atoms with van der Waals surface area (Å²) < 4.78 is 9.73. The van der Waals surface area contributed by atoms with Crippen LogP contribution in [0.25, 0.3) is 0 Å². The quantitative estimate of drug-likeness (QED) is 0.298. The van der Waals surface area contributed by atoms with E-state index >= 15 is 0 Å². The Labute approximate surface area is 202 Å². The Kier molecular flexibility index (Phi) is 8.29. The van der Waals surface area contributed by atoms with E-state index in [-0.39, 0.29) is 54.5 Å². The molecule has 17 heteroatoms. The van der Waals surface area contributed by atoms with Crippen molar-refractivity contribution >= 4 is 36.3 Å². The number of hydrazone groups is 2. The number of nitrogens with one attached hydrogen (secondary N) is 1. The highest BCUT2D eigenvalue weighted by molar-refractivity contribution is 5.81. The summed E-state index contributed by atoms with van der Waals surface area (Å²) in [5, 5.41) is 42.4. The summed E-state index contributed by atoms with van der Waals surface area (Å²) in [6.07, 6.45) is 2.51. The zero-order chi connectivity index (χ0) is 26.2. The van der Waals surface area contributed by atoms with Crippen molar-refractivity contribution in [2.24, 2.45) is 10.2 Å². The molecule has 17 nitrogen and oxygen atoms in total. The van der Waals surface area contributed by atoms with Gasteiger partial charge >= 0.3 is 23.8 Å². The first-order valence-corrected chi connectivity index (χ1v) is 10.5. The minimum atomic E-state index is -0.651. The maximum atomic E-state index is 11.7. The molecule has 0 saturated carbocycles. The van der Waals surface area contributed by atoms with Gasteiger partial charge in [0.1, 0.15) is 9.85 Å². The normalized spacial score (nSPS) is 17.7. The second-order valence-electron chi connectivity index (χ2n) is 7.40. The van der Waals surface area contributed by atoms with Gasteiger partial charge in [-0.1, -0.05) is 0 Å². The van der Waals surface area contributed by atoms with E-state index < -0.39 is 9.85 Å². The summed E-state index contributed by atoms with van der Waals surface area (Å²) in [5.74, 6) is -0.314. The standard InChI is InChI=1S/C10H12N4O5.C9H10N4O4/c15-6-5-12-3-4-13(10(12)16)11-7-8-1-2-9(19-8)14(17)18;1-6-5-12(9(14)11-6)10-4-7-2-3-8(17-7)13(15)16/h1-2,7,15H,3-6H2;2-4,6H,5H2,1H3,(H,11,14)/b11-7+;10-4+. The number of aliphatic hydroxyl groups excluding tert-OH is 1. The molecule has 4 amide bonds. The maximum absolute atomic E-state index is 11.7. The van der Waals surface area contributed by atoms with Gasteiger partial charge in [-0.05, 0) is 19.1 Å². The van der Waals surface area contributed by atoms with Crippen molar-refractivity contribution in [1.82, 2.24) is 20.2 Å². The summed E-state index contributed by atoms with van der Waals surface area (Å²) in [6.45, 7) is 3.35. The van der Waals surface area contributed by atoms with Gasteiger partial charge < -0.3 is 24.2 Å². The largest absolute Gasteiger partial charge is 0.433 e. The van der Waals surface area contributed by atoms with Crippen LogP contribution in [0.3, 0.4) is 0 Å². The van der Waals surface area contributed by atoms with Crippen molar-refractivity contribution in [1.29, 1.82) is 0 Å². The third kappa shape index (κ3) is 6.63. The van der Waals surface area contributed by atoms with Crippen LogP contribution in [0.2, 0.25) is 0 Å². The van der Waals surface area contributed by atoms with Crippen molar-refractivity contribution in [2.45, 2.75) is 13.0 Å². The summed E-state index contributed by atoms with van der Waals surface area (Å²) in [4.78, 5) is 43.9. The monoisotopic (exact) mass is 506 g/mol. The van der Waals surface area contributed by atoms with Gasteiger partial charge in [0, 0.05) is 19.1 Å². The van der Waals surface area contributed by atoms with Gasteiger partial charge in [0.25, 0.3) is 0 Å². The molecule has 2 N–H and O–H groups in total. The first-order chi connectivity index (χ1) is 17.2. The molecule has 2 aliphatic heterocycles. The summed E-state index contributed by atoms with van der Waals surface area (Å²) in [7, 11) is 0. The van der Waals surface area contributed by atoms with Crippen molar-refractivity contribution in [2.75, 3.05) is 32.8 Å². The molecule has 2 aromatic rings. The minimum Gasteiger partial charge on any atom is -0.400 e. The first kappa shape index (κ1) is 25.8. The fourth-order valence-corrected chi connectivity index (χ4v) is 3.05. The van der Waals surface area contributed by atoms with E-state index in [0.717, 1.165) is 0 Å². The fourth-order valence-electron chi connectivity index (χ4n) is 3.05. The molecule has 36 heavy (non-hydrogen) atoms. The Hall–Kier alpha value is -4.80. The maximum Gasteiger partial charge on any atom is 0.433 e. The van der Waals surface area contributed by atoms with Crippen LogP contribution in [0.5, 0.6) is 0 Å². The number of hydrogen-bond donors (Lipinski definition) is 2. The number of carbonyl (C=O) groups excluding carboxylic acids is 2. The van der Waals surface area contributed by atoms with Gasteiger partial charge in [0.05, 0.1) is 44.3 Å². The van der Waals surface area contributed by atoms with E-state index in [4.69, 9.17) is 13.9 Å². The molecule has 2 saturated heterocycles. The zero-order valence-corrected chi connectivity index (χ0v) is 18.9. The van der Waals surface area contributed by atoms with E-state index in [1.807, 2.05) is 6.92 Å². The van der Waals surface area contributed by atoms with Crippen molar-refractivity contribution in [3.63, 3.8) is 0 Å². The number of nitrogens with zero attached hydrogens (tertiary/aromatic N) is 7. The van der Waals surface area contributed by atoms with E-state index in [1.165, 1.54) is 51.6 Å². The van der Waals surface area contributed by atoms with Gasteiger partial charge in [-0.25, -0.2) is 19.6 Å². The average Bonchev–Trinajstić information content (AvgIpc) is 3.61. The molecule has 4 rings (SSSR count). The number of rotatable bonds is 8. The molecule has 1 unspecified atom stereocenters. The molecule has 2 aliphatic rings. The van der Waals surface area contributed by atoms with Crippen LogP contribution in [0.1, 0.15) is 18.4 Å². The smallest absolute Gasteiger partial charge is 0.400 e. The van der Waals surface area contributed by atoms with Crippen LogP contribution in [0.15, 0.2) is 43.3 Å². The van der Waals surface area contributed by atoms with E-state index in [2.05, 4.69) is 15.5 Å². The number of aliphatic hydroxyl groups is 1. The molecule has 1 atom stereocenters. The van der Waals surface area contributed by atoms with Crippen molar-refractivity contribution in [3.8, 4) is 0 Å². The Morgan fingerprint density at radius 2 is 1.58 bits per heavy atom. The van der Waals surface area contributed by atoms with Gasteiger partial charge in [-0.15, -0.1) is 0 Å². The summed E-state index contributed by atoms with van der Waals surface area (Å²) in [5.41, 5.74) is 0. The number of hydrogen-bond acceptors (Lipinski definition) is 11. The van der Waals surface area contributed by atoms with Crippen molar-refractivity contribution in [3.05, 3.63) is 56.0 Å². The van der Waals surface area contributed by atoms with Gasteiger partial charge in [0.2, 0.25) is 0 Å². The lowest BCUT2D eigenvalue weighted by molar-refractivity contribution is -0.402. The lowest BCUT2D eigenvalue weighted by Crippen LogP contribution is -2.31. The number of furan rings is 2. The van der Waals surface area contributed by atoms with E-state index in [9.17, 15) is 29.8 Å². The molecule has 4 heterocycles. The molecule has 0 spiro atoms. The third-order valence-corrected chi connectivity index (χ3v) is 4.73. The lowest BCUT2D eigenvalue weighted by Gasteiger charge is -2.13. The third-order valence-electron chi connectivity index (χ3n) is 4.73. The second-order valence-corrected chi connectivity index (χ2v) is 7.40. The van der Waals surface area contributed by atoms with Crippen LogP contribution < -0.4 is 5.32 Å². The highest BCUT2D eigenvalue weighted by Gasteiger charge is 2.27. The highest BCUT2D eigenvalue weighted by atomic mass is 16.7. The van der Waals surface area contributed by atoms with Crippen LogP contribution in [0.4, 0.5) is 21.4 Å². The molecule has 2 aromatic heterocycles. The van der Waals surface area contributed by atoms with Crippen LogP contribution in [0, 0.1) is 20.2 Å². The molecular weight excluding hydrogens is 484 g/mol. The predicted octanol–water partition coefficient (Wildman–Crippen LogP) is 1.19. The van der Waals surface area contributed by atoms with E-state index in [0.29, 0.717) is 19.6 Å². The summed E-state index contributed by atoms with van der Waals surface area (Å²) in [6, 6.07) is 4.68. The number of nitro groups is 2. The van der Waals surface area contributed by atoms with E-state index in [1.54, 1.807) is 0 Å². The lowest BCUT2D eigenvalue weighted by atomic mass is 10.4. The Morgan fingerprint density at radius 1 is 1.03 bits per heavy atom. The Balaban J connectivity index is 0.000000202. The summed E-state index contributed by atoms with van der Waals surface area (Å²) >= 11 is 0. The number of amides is 4. The number of β-amino-alcohol motifs (C(OH)–C–C–N with tert-alkyl or cyclic N) is 1.